The number of hydrogen-bond donors (Lipinski definition) is 1. The number of hydrogen-bond acceptors (Lipinski definition) is 4. The largest absolute Gasteiger partial charge is 0.481 e. The van der Waals surface area contributed by atoms with E-state index in [0.717, 1.165) is 48.1 Å². The van der Waals surface area contributed by atoms with Crippen molar-refractivity contribution >= 4 is 23.1 Å². The number of carboxylic acid groups (broad SMARTS) is 1. The molecular weight excluding hydrogens is 454 g/mol. The summed E-state index contributed by atoms with van der Waals surface area (Å²) in [6, 6.07) is 15.0. The lowest BCUT2D eigenvalue weighted by Crippen LogP contribution is -2.35. The Morgan fingerprint density at radius 2 is 1.89 bits per heavy atom. The van der Waals surface area contributed by atoms with Gasteiger partial charge < -0.3 is 19.3 Å². The Bertz CT molecular complexity index is 1270. The standard InChI is InChI=1S/C29H35N3O4/c1-19(17-20-7-5-4-6-8-20)32-24-10-9-21-13-16-31(28(35)36-3)18-23(21)25(24)30-26(32)22-11-14-29(2,15-12-22)27(33)34/h4-10,19,22H,11-18H2,1-3H3,(H,33,34)/t19-,22?,29?/m0/s1. The van der Waals surface area contributed by atoms with Crippen LogP contribution in [0.25, 0.3) is 11.0 Å². The average molecular weight is 490 g/mol. The first-order valence-electron chi connectivity index (χ1n) is 12.9. The molecule has 36 heavy (non-hydrogen) atoms. The highest BCUT2D eigenvalue weighted by Gasteiger charge is 2.39. The molecule has 0 unspecified atom stereocenters. The first-order chi connectivity index (χ1) is 17.3. The van der Waals surface area contributed by atoms with Gasteiger partial charge in [-0.3, -0.25) is 4.79 Å². The number of aromatic nitrogens is 2. The third-order valence-electron chi connectivity index (χ3n) is 8.31. The van der Waals surface area contributed by atoms with Crippen LogP contribution in [0.15, 0.2) is 42.5 Å². The van der Waals surface area contributed by atoms with Gasteiger partial charge in [-0.15, -0.1) is 0 Å². The molecule has 1 atom stereocenters. The van der Waals surface area contributed by atoms with Crippen molar-refractivity contribution in [3.05, 3.63) is 65.0 Å². The van der Waals surface area contributed by atoms with E-state index in [-0.39, 0.29) is 18.1 Å². The minimum atomic E-state index is -0.705. The number of aliphatic carboxylic acids is 1. The second-order valence-electron chi connectivity index (χ2n) is 10.7. The van der Waals surface area contributed by atoms with Gasteiger partial charge in [0.2, 0.25) is 0 Å². The fourth-order valence-corrected chi connectivity index (χ4v) is 6.02. The minimum absolute atomic E-state index is 0.179. The third kappa shape index (κ3) is 4.36. The van der Waals surface area contributed by atoms with Crippen LogP contribution >= 0.6 is 0 Å². The molecule has 1 amide bonds. The molecule has 1 saturated carbocycles. The highest BCUT2D eigenvalue weighted by molar-refractivity contribution is 5.82. The number of ether oxygens (including phenoxy) is 1. The molecule has 1 aliphatic heterocycles. The lowest BCUT2D eigenvalue weighted by Gasteiger charge is -2.34. The summed E-state index contributed by atoms with van der Waals surface area (Å²) in [4.78, 5) is 31.1. The number of amides is 1. The number of benzene rings is 2. The fourth-order valence-electron chi connectivity index (χ4n) is 6.02. The zero-order chi connectivity index (χ0) is 25.4. The fraction of sp³-hybridized carbons (Fsp3) is 0.483. The van der Waals surface area contributed by atoms with Gasteiger partial charge in [0.1, 0.15) is 5.82 Å². The topological polar surface area (TPSA) is 84.7 Å². The SMILES string of the molecule is COC(=O)N1CCc2ccc3c(nc(C4CCC(C)(C(=O)O)CC4)n3[C@@H](C)Cc3ccccc3)c2C1. The molecule has 2 heterocycles. The van der Waals surface area contributed by atoms with Crippen LogP contribution in [0.5, 0.6) is 0 Å². The normalized spacial score (nSPS) is 22.8. The average Bonchev–Trinajstić information content (AvgIpc) is 3.29. The van der Waals surface area contributed by atoms with Gasteiger partial charge in [-0.2, -0.15) is 0 Å². The maximum atomic E-state index is 12.3. The quantitative estimate of drug-likeness (QED) is 0.496. The van der Waals surface area contributed by atoms with Crippen LogP contribution in [0.2, 0.25) is 0 Å². The zero-order valence-electron chi connectivity index (χ0n) is 21.4. The van der Waals surface area contributed by atoms with Crippen LogP contribution in [0.4, 0.5) is 4.79 Å². The molecule has 1 aliphatic carbocycles. The number of carbonyl (C=O) groups is 2. The van der Waals surface area contributed by atoms with E-state index >= 15 is 0 Å². The Morgan fingerprint density at radius 3 is 2.56 bits per heavy atom. The van der Waals surface area contributed by atoms with Gasteiger partial charge >= 0.3 is 12.1 Å². The Hall–Kier alpha value is -3.35. The summed E-state index contributed by atoms with van der Waals surface area (Å²) in [6.07, 6.45) is 4.26. The van der Waals surface area contributed by atoms with Crippen molar-refractivity contribution in [3.63, 3.8) is 0 Å². The van der Waals surface area contributed by atoms with E-state index in [9.17, 15) is 14.7 Å². The monoisotopic (exact) mass is 489 g/mol. The molecule has 1 fully saturated rings. The second kappa shape index (κ2) is 9.60. The van der Waals surface area contributed by atoms with Gasteiger partial charge in [0.15, 0.2) is 0 Å². The summed E-state index contributed by atoms with van der Waals surface area (Å²) in [7, 11) is 1.42. The molecule has 190 valence electrons. The Kier molecular flexibility index (Phi) is 6.49. The minimum Gasteiger partial charge on any atom is -0.481 e. The second-order valence-corrected chi connectivity index (χ2v) is 10.7. The molecule has 5 rings (SSSR count). The number of imidazole rings is 1. The Morgan fingerprint density at radius 1 is 1.17 bits per heavy atom. The van der Waals surface area contributed by atoms with E-state index in [1.165, 1.54) is 18.2 Å². The molecule has 2 aliphatic rings. The molecule has 0 bridgehead atoms. The molecule has 0 radical (unpaired) electrons. The first kappa shape index (κ1) is 24.3. The van der Waals surface area contributed by atoms with Crippen molar-refractivity contribution in [1.82, 2.24) is 14.5 Å². The van der Waals surface area contributed by atoms with Crippen LogP contribution in [0.1, 0.15) is 74.0 Å². The lowest BCUT2D eigenvalue weighted by molar-refractivity contribution is -0.150. The van der Waals surface area contributed by atoms with Crippen LogP contribution in [-0.4, -0.2) is 45.3 Å². The van der Waals surface area contributed by atoms with Gasteiger partial charge in [0.05, 0.1) is 30.1 Å². The smallest absolute Gasteiger partial charge is 0.409 e. The van der Waals surface area contributed by atoms with Crippen LogP contribution in [-0.2, 0) is 28.9 Å². The number of rotatable bonds is 5. The van der Waals surface area contributed by atoms with Crippen LogP contribution in [0, 0.1) is 5.41 Å². The molecular formula is C29H35N3O4. The van der Waals surface area contributed by atoms with Crippen molar-refractivity contribution in [2.75, 3.05) is 13.7 Å². The highest BCUT2D eigenvalue weighted by atomic mass is 16.5. The number of carboxylic acids is 1. The number of nitrogens with zero attached hydrogens (tertiary/aromatic N) is 3. The molecule has 2 aromatic carbocycles. The van der Waals surface area contributed by atoms with E-state index < -0.39 is 11.4 Å². The van der Waals surface area contributed by atoms with Crippen molar-refractivity contribution in [2.45, 2.75) is 70.9 Å². The molecule has 3 aromatic rings. The Balaban J connectivity index is 1.57. The van der Waals surface area contributed by atoms with Gasteiger partial charge in [-0.25, -0.2) is 9.78 Å². The number of methoxy groups -OCH3 is 1. The summed E-state index contributed by atoms with van der Waals surface area (Å²) in [5.41, 5.74) is 4.99. The summed E-state index contributed by atoms with van der Waals surface area (Å²) < 4.78 is 7.38. The zero-order valence-corrected chi connectivity index (χ0v) is 21.4. The maximum absolute atomic E-state index is 12.3. The van der Waals surface area contributed by atoms with Crippen molar-refractivity contribution in [3.8, 4) is 0 Å². The number of fused-ring (bicyclic) bond motifs is 3. The van der Waals surface area contributed by atoms with Gasteiger partial charge in [0, 0.05) is 24.1 Å². The third-order valence-corrected chi connectivity index (χ3v) is 8.31. The van der Waals surface area contributed by atoms with Crippen molar-refractivity contribution in [1.29, 1.82) is 0 Å². The van der Waals surface area contributed by atoms with Gasteiger partial charge in [-0.1, -0.05) is 36.4 Å². The van der Waals surface area contributed by atoms with E-state index in [4.69, 9.17) is 9.72 Å². The molecule has 7 heteroatoms. The highest BCUT2D eigenvalue weighted by Crippen LogP contribution is 2.44. The summed E-state index contributed by atoms with van der Waals surface area (Å²) in [6.45, 7) is 5.23. The van der Waals surface area contributed by atoms with Crippen LogP contribution in [0.3, 0.4) is 0 Å². The summed E-state index contributed by atoms with van der Waals surface area (Å²) in [5.74, 6) is 0.548. The first-order valence-corrected chi connectivity index (χ1v) is 12.9. The van der Waals surface area contributed by atoms with Crippen LogP contribution < -0.4 is 0 Å². The van der Waals surface area contributed by atoms with E-state index in [0.29, 0.717) is 25.9 Å². The molecule has 1 N–H and O–H groups in total. The van der Waals surface area contributed by atoms with E-state index in [1.807, 2.05) is 13.0 Å². The molecule has 1 aromatic heterocycles. The van der Waals surface area contributed by atoms with Crippen molar-refractivity contribution in [2.24, 2.45) is 5.41 Å². The number of carbonyl (C=O) groups excluding carboxylic acids is 1. The van der Waals surface area contributed by atoms with Gasteiger partial charge in [-0.05, 0) is 69.6 Å². The van der Waals surface area contributed by atoms with Crippen molar-refractivity contribution < 1.29 is 19.4 Å². The molecule has 0 saturated heterocycles. The van der Waals surface area contributed by atoms with E-state index in [1.54, 1.807) is 4.90 Å². The predicted octanol–water partition coefficient (Wildman–Crippen LogP) is 5.71. The molecule has 7 nitrogen and oxygen atoms in total. The summed E-state index contributed by atoms with van der Waals surface area (Å²) in [5, 5.41) is 9.73. The maximum Gasteiger partial charge on any atom is 0.409 e. The van der Waals surface area contributed by atoms with E-state index in [2.05, 4.69) is 47.9 Å². The summed E-state index contributed by atoms with van der Waals surface area (Å²) >= 11 is 0. The predicted molar refractivity (Wildman–Crippen MR) is 138 cm³/mol. The lowest BCUT2D eigenvalue weighted by atomic mass is 9.71. The molecule has 0 spiro atoms. The van der Waals surface area contributed by atoms with Gasteiger partial charge in [0.25, 0.3) is 0 Å². The Labute approximate surface area is 212 Å².